The van der Waals surface area contributed by atoms with E-state index in [2.05, 4.69) is 46.5 Å². The van der Waals surface area contributed by atoms with Gasteiger partial charge in [-0.05, 0) is 58.5 Å². The first kappa shape index (κ1) is 14.1. The number of halogens is 1. The molecular formula is C16H18BrNOS. The van der Waals surface area contributed by atoms with Crippen molar-refractivity contribution in [3.63, 3.8) is 0 Å². The van der Waals surface area contributed by atoms with Gasteiger partial charge in [0.25, 0.3) is 0 Å². The van der Waals surface area contributed by atoms with Gasteiger partial charge in [-0.1, -0.05) is 13.0 Å². The molecule has 0 bridgehead atoms. The number of thiophene rings is 1. The molecule has 106 valence electrons. The van der Waals surface area contributed by atoms with E-state index in [1.54, 1.807) is 11.3 Å². The predicted octanol–water partition coefficient (Wildman–Crippen LogP) is 4.86. The number of nitrogens with one attached hydrogen (secondary N) is 1. The van der Waals surface area contributed by atoms with Crippen LogP contribution in [0.25, 0.3) is 0 Å². The number of benzene rings is 1. The zero-order chi connectivity index (χ0) is 14.3. The van der Waals surface area contributed by atoms with Gasteiger partial charge in [0.1, 0.15) is 5.75 Å². The molecule has 1 aliphatic rings. The number of aryl methyl sites for hydroxylation is 1. The maximum absolute atomic E-state index is 10.2. The Morgan fingerprint density at radius 3 is 2.90 bits per heavy atom. The van der Waals surface area contributed by atoms with Gasteiger partial charge in [0.15, 0.2) is 0 Å². The van der Waals surface area contributed by atoms with Crippen LogP contribution in [0.5, 0.6) is 5.75 Å². The molecule has 2 aromatic rings. The van der Waals surface area contributed by atoms with Gasteiger partial charge >= 0.3 is 0 Å². The lowest BCUT2D eigenvalue weighted by Gasteiger charge is -2.15. The normalized spacial score (nSPS) is 21.1. The van der Waals surface area contributed by atoms with E-state index < -0.39 is 0 Å². The highest BCUT2D eigenvalue weighted by molar-refractivity contribution is 9.10. The fourth-order valence-electron chi connectivity index (χ4n) is 3.20. The Morgan fingerprint density at radius 2 is 2.20 bits per heavy atom. The number of phenolic OH excluding ortho intramolecular Hbond substituents is 1. The molecule has 0 saturated heterocycles. The molecule has 0 aliphatic heterocycles. The molecule has 2 N–H and O–H groups in total. The summed E-state index contributed by atoms with van der Waals surface area (Å²) in [5, 5.41) is 15.9. The molecule has 2 atom stereocenters. The van der Waals surface area contributed by atoms with Crippen LogP contribution in [-0.2, 0) is 6.54 Å². The fourth-order valence-corrected chi connectivity index (χ4v) is 4.60. The van der Waals surface area contributed by atoms with Crippen molar-refractivity contribution in [3.05, 3.63) is 49.6 Å². The zero-order valence-corrected chi connectivity index (χ0v) is 14.0. The van der Waals surface area contributed by atoms with E-state index in [1.165, 1.54) is 16.0 Å². The maximum Gasteiger partial charge on any atom is 0.120 e. The van der Waals surface area contributed by atoms with Crippen LogP contribution < -0.4 is 5.32 Å². The van der Waals surface area contributed by atoms with Crippen molar-refractivity contribution >= 4 is 27.3 Å². The monoisotopic (exact) mass is 351 g/mol. The summed E-state index contributed by atoms with van der Waals surface area (Å²) in [6.45, 7) is 5.22. The molecule has 1 aliphatic carbocycles. The number of aromatic hydroxyl groups is 1. The van der Waals surface area contributed by atoms with Crippen LogP contribution in [0.4, 0.5) is 0 Å². The summed E-state index contributed by atoms with van der Waals surface area (Å²) in [4.78, 5) is 1.31. The second kappa shape index (κ2) is 5.51. The molecule has 0 spiro atoms. The van der Waals surface area contributed by atoms with Crippen LogP contribution in [0.3, 0.4) is 0 Å². The third kappa shape index (κ3) is 2.52. The molecule has 1 aromatic carbocycles. The topological polar surface area (TPSA) is 32.3 Å². The van der Waals surface area contributed by atoms with Gasteiger partial charge < -0.3 is 10.4 Å². The molecule has 4 heteroatoms. The largest absolute Gasteiger partial charge is 0.508 e. The van der Waals surface area contributed by atoms with Crippen molar-refractivity contribution in [2.45, 2.75) is 38.8 Å². The summed E-state index contributed by atoms with van der Waals surface area (Å²) in [5.41, 5.74) is 3.72. The zero-order valence-electron chi connectivity index (χ0n) is 11.6. The Hall–Kier alpha value is -0.840. The standard InChI is InChI=1S/C16H18BrNOS/c1-9-3-4-14(19)16-13(5-10(2)15(9)16)18-7-12-6-11(17)8-20-12/h3-4,6,8,10,13,18-19H,5,7H2,1-2H3. The van der Waals surface area contributed by atoms with Gasteiger partial charge in [0, 0.05) is 32.9 Å². The summed E-state index contributed by atoms with van der Waals surface area (Å²) in [6.07, 6.45) is 1.06. The second-order valence-electron chi connectivity index (χ2n) is 5.53. The van der Waals surface area contributed by atoms with E-state index in [0.717, 1.165) is 23.0 Å². The van der Waals surface area contributed by atoms with Gasteiger partial charge in [-0.15, -0.1) is 11.3 Å². The van der Waals surface area contributed by atoms with Crippen molar-refractivity contribution < 1.29 is 5.11 Å². The smallest absolute Gasteiger partial charge is 0.120 e. The maximum atomic E-state index is 10.2. The van der Waals surface area contributed by atoms with Crippen LogP contribution in [-0.4, -0.2) is 5.11 Å². The first-order valence-corrected chi connectivity index (χ1v) is 8.52. The van der Waals surface area contributed by atoms with Gasteiger partial charge in [-0.25, -0.2) is 0 Å². The first-order chi connectivity index (χ1) is 9.56. The van der Waals surface area contributed by atoms with Crippen LogP contribution in [0.1, 0.15) is 46.9 Å². The average molecular weight is 352 g/mol. The van der Waals surface area contributed by atoms with Gasteiger partial charge in [-0.3, -0.25) is 0 Å². The Balaban J connectivity index is 1.82. The minimum atomic E-state index is 0.251. The lowest BCUT2D eigenvalue weighted by Crippen LogP contribution is -2.18. The average Bonchev–Trinajstić information content (AvgIpc) is 2.96. The molecule has 0 saturated carbocycles. The van der Waals surface area contributed by atoms with Gasteiger partial charge in [0.05, 0.1) is 0 Å². The number of hydrogen-bond acceptors (Lipinski definition) is 3. The molecule has 0 amide bonds. The van der Waals surface area contributed by atoms with E-state index in [4.69, 9.17) is 0 Å². The van der Waals surface area contributed by atoms with Crippen LogP contribution in [0.15, 0.2) is 28.1 Å². The van der Waals surface area contributed by atoms with Crippen LogP contribution in [0, 0.1) is 6.92 Å². The summed E-state index contributed by atoms with van der Waals surface area (Å²) < 4.78 is 1.14. The van der Waals surface area contributed by atoms with Crippen molar-refractivity contribution in [1.29, 1.82) is 0 Å². The quantitative estimate of drug-likeness (QED) is 0.827. The predicted molar refractivity (Wildman–Crippen MR) is 87.5 cm³/mol. The van der Waals surface area contributed by atoms with E-state index in [-0.39, 0.29) is 6.04 Å². The van der Waals surface area contributed by atoms with Crippen molar-refractivity contribution in [2.75, 3.05) is 0 Å². The molecule has 2 nitrogen and oxygen atoms in total. The minimum absolute atomic E-state index is 0.251. The SMILES string of the molecule is Cc1ccc(O)c2c1C(C)CC2NCc1cc(Br)cs1. The third-order valence-electron chi connectivity index (χ3n) is 4.06. The number of rotatable bonds is 3. The fraction of sp³-hybridized carbons (Fsp3) is 0.375. The molecule has 2 unspecified atom stereocenters. The van der Waals surface area contributed by atoms with Crippen molar-refractivity contribution in [1.82, 2.24) is 5.32 Å². The highest BCUT2D eigenvalue weighted by Gasteiger charge is 2.31. The van der Waals surface area contributed by atoms with Gasteiger partial charge in [-0.2, -0.15) is 0 Å². The summed E-state index contributed by atoms with van der Waals surface area (Å²) in [7, 11) is 0. The summed E-state index contributed by atoms with van der Waals surface area (Å²) in [6, 6.07) is 6.24. The third-order valence-corrected chi connectivity index (χ3v) is 5.75. The number of phenols is 1. The first-order valence-electron chi connectivity index (χ1n) is 6.85. The van der Waals surface area contributed by atoms with Crippen molar-refractivity contribution in [3.8, 4) is 5.75 Å². The lowest BCUT2D eigenvalue weighted by atomic mass is 9.97. The molecule has 20 heavy (non-hydrogen) atoms. The Kier molecular flexibility index (Phi) is 3.89. The number of fused-ring (bicyclic) bond motifs is 1. The van der Waals surface area contributed by atoms with E-state index >= 15 is 0 Å². The molecule has 1 heterocycles. The summed E-state index contributed by atoms with van der Waals surface area (Å²) in [5.74, 6) is 0.935. The van der Waals surface area contributed by atoms with E-state index in [9.17, 15) is 5.11 Å². The van der Waals surface area contributed by atoms with E-state index in [0.29, 0.717) is 11.7 Å². The van der Waals surface area contributed by atoms with Gasteiger partial charge in [0.2, 0.25) is 0 Å². The van der Waals surface area contributed by atoms with Crippen LogP contribution >= 0.6 is 27.3 Å². The Bertz CT molecular complexity index is 637. The van der Waals surface area contributed by atoms with Crippen molar-refractivity contribution in [2.24, 2.45) is 0 Å². The van der Waals surface area contributed by atoms with Crippen LogP contribution in [0.2, 0.25) is 0 Å². The second-order valence-corrected chi connectivity index (χ2v) is 7.44. The summed E-state index contributed by atoms with van der Waals surface area (Å²) >= 11 is 5.24. The molecule has 0 radical (unpaired) electrons. The number of hydrogen-bond donors (Lipinski definition) is 2. The molecule has 3 rings (SSSR count). The molecule has 1 aromatic heterocycles. The molecule has 0 fully saturated rings. The Labute approximate surface area is 132 Å². The minimum Gasteiger partial charge on any atom is -0.508 e. The molecular weight excluding hydrogens is 334 g/mol. The van der Waals surface area contributed by atoms with E-state index in [1.807, 2.05) is 12.1 Å². The highest BCUT2D eigenvalue weighted by atomic mass is 79.9. The Morgan fingerprint density at radius 1 is 1.40 bits per heavy atom. The highest BCUT2D eigenvalue weighted by Crippen LogP contribution is 2.46. The lowest BCUT2D eigenvalue weighted by molar-refractivity contribution is 0.445.